The van der Waals surface area contributed by atoms with Crippen LogP contribution in [0.5, 0.6) is 0 Å². The van der Waals surface area contributed by atoms with E-state index in [1.807, 2.05) is 0 Å². The first-order valence-electron chi connectivity index (χ1n) is 7.88. The van der Waals surface area contributed by atoms with Gasteiger partial charge in [-0.1, -0.05) is 18.0 Å². The van der Waals surface area contributed by atoms with Crippen molar-refractivity contribution >= 4 is 0 Å². The molecule has 2 N–H and O–H groups in total. The van der Waals surface area contributed by atoms with Gasteiger partial charge >= 0.3 is 0 Å². The monoisotopic (exact) mass is 328 g/mol. The summed E-state index contributed by atoms with van der Waals surface area (Å²) in [4.78, 5) is 8.76. The molecule has 1 fully saturated rings. The molecule has 0 unspecified atom stereocenters. The van der Waals surface area contributed by atoms with E-state index in [4.69, 9.17) is 10.3 Å². The van der Waals surface area contributed by atoms with E-state index < -0.39 is 5.54 Å². The van der Waals surface area contributed by atoms with Gasteiger partial charge in [0.15, 0.2) is 5.82 Å². The van der Waals surface area contributed by atoms with E-state index in [1.54, 1.807) is 23.7 Å². The second-order valence-corrected chi connectivity index (χ2v) is 6.16. The fraction of sp³-hybridized carbons (Fsp3) is 0.375. The molecule has 1 saturated carbocycles. The number of benzene rings is 1. The van der Waals surface area contributed by atoms with Crippen LogP contribution in [0.15, 0.2) is 28.8 Å². The van der Waals surface area contributed by atoms with Crippen molar-refractivity contribution < 1.29 is 8.91 Å². The summed E-state index contributed by atoms with van der Waals surface area (Å²) in [6.45, 7) is 1.80. The lowest BCUT2D eigenvalue weighted by Crippen LogP contribution is -2.34. The maximum atomic E-state index is 13.1. The molecule has 8 heteroatoms. The molecule has 1 aliphatic carbocycles. The Morgan fingerprint density at radius 3 is 2.58 bits per heavy atom. The number of hydrogen-bond donors (Lipinski definition) is 1. The van der Waals surface area contributed by atoms with Crippen LogP contribution in [0, 0.1) is 12.7 Å². The third-order valence-corrected chi connectivity index (χ3v) is 4.40. The first-order chi connectivity index (χ1) is 11.5. The third kappa shape index (κ3) is 2.48. The molecule has 0 atom stereocenters. The van der Waals surface area contributed by atoms with E-state index in [9.17, 15) is 4.39 Å². The predicted molar refractivity (Wildman–Crippen MR) is 83.7 cm³/mol. The van der Waals surface area contributed by atoms with Crippen molar-refractivity contribution in [3.63, 3.8) is 0 Å². The van der Waals surface area contributed by atoms with Crippen LogP contribution < -0.4 is 5.73 Å². The number of rotatable bonds is 3. The summed E-state index contributed by atoms with van der Waals surface area (Å²) < 4.78 is 20.0. The Morgan fingerprint density at radius 2 is 1.88 bits per heavy atom. The summed E-state index contributed by atoms with van der Waals surface area (Å²) in [5, 5.41) is 8.41. The average Bonchev–Trinajstić information content (AvgIpc) is 3.28. The van der Waals surface area contributed by atoms with Gasteiger partial charge in [-0.2, -0.15) is 4.98 Å². The molecule has 0 spiro atoms. The zero-order valence-electron chi connectivity index (χ0n) is 13.2. The maximum absolute atomic E-state index is 13.1. The minimum absolute atomic E-state index is 0.241. The van der Waals surface area contributed by atoms with E-state index in [-0.39, 0.29) is 11.7 Å². The molecule has 0 aliphatic heterocycles. The smallest absolute Gasteiger partial charge is 0.297 e. The number of aryl methyl sites for hydroxylation is 1. The fourth-order valence-electron chi connectivity index (χ4n) is 3.05. The molecule has 2 heterocycles. The number of nitrogens with two attached hydrogens (primary N) is 1. The van der Waals surface area contributed by atoms with Crippen LogP contribution in [0.3, 0.4) is 0 Å². The molecular weight excluding hydrogens is 311 g/mol. The number of hydrogen-bond acceptors (Lipinski definition) is 6. The lowest BCUT2D eigenvalue weighted by molar-refractivity contribution is 0.372. The van der Waals surface area contributed by atoms with Crippen molar-refractivity contribution in [2.24, 2.45) is 5.73 Å². The SMILES string of the molecule is Cc1nc(-c2nc(C3(N)CCCC3)no2)nn1-c1ccc(F)cc1. The van der Waals surface area contributed by atoms with E-state index in [2.05, 4.69) is 20.2 Å². The lowest BCUT2D eigenvalue weighted by atomic mass is 9.99. The van der Waals surface area contributed by atoms with Crippen molar-refractivity contribution in [3.05, 3.63) is 41.7 Å². The molecule has 7 nitrogen and oxygen atoms in total. The molecular formula is C16H17FN6O. The molecule has 1 aliphatic rings. The molecule has 1 aromatic carbocycles. The molecule has 3 aromatic rings. The first kappa shape index (κ1) is 14.9. The highest BCUT2D eigenvalue weighted by Gasteiger charge is 2.36. The summed E-state index contributed by atoms with van der Waals surface area (Å²) in [5.74, 6) is 1.41. The van der Waals surface area contributed by atoms with E-state index >= 15 is 0 Å². The second kappa shape index (κ2) is 5.48. The van der Waals surface area contributed by atoms with Crippen LogP contribution >= 0.6 is 0 Å². The Hall–Kier alpha value is -2.61. The summed E-state index contributed by atoms with van der Waals surface area (Å²) in [6.07, 6.45) is 3.83. The molecule has 124 valence electrons. The Morgan fingerprint density at radius 1 is 1.17 bits per heavy atom. The average molecular weight is 328 g/mol. The minimum Gasteiger partial charge on any atom is -0.330 e. The van der Waals surface area contributed by atoms with Gasteiger partial charge in [0.05, 0.1) is 11.2 Å². The van der Waals surface area contributed by atoms with Gasteiger partial charge in [-0.25, -0.2) is 14.1 Å². The van der Waals surface area contributed by atoms with Crippen LogP contribution in [0.1, 0.15) is 37.3 Å². The highest BCUT2D eigenvalue weighted by Crippen LogP contribution is 2.35. The summed E-state index contributed by atoms with van der Waals surface area (Å²) in [6, 6.07) is 6.01. The van der Waals surface area contributed by atoms with E-state index in [0.717, 1.165) is 25.7 Å². The Labute approximate surface area is 137 Å². The standard InChI is InChI=1S/C16H17FN6O/c1-10-19-13(21-23(10)12-6-4-11(17)5-7-12)14-20-15(22-24-14)16(18)8-2-3-9-16/h4-7H,2-3,8-9,18H2,1H3. The van der Waals surface area contributed by atoms with Gasteiger partial charge in [0.1, 0.15) is 11.6 Å². The quantitative estimate of drug-likeness (QED) is 0.793. The largest absolute Gasteiger partial charge is 0.330 e. The van der Waals surface area contributed by atoms with Gasteiger partial charge in [0, 0.05) is 0 Å². The Bertz CT molecular complexity index is 863. The summed E-state index contributed by atoms with van der Waals surface area (Å²) >= 11 is 0. The Kier molecular flexibility index (Phi) is 3.42. The van der Waals surface area contributed by atoms with E-state index in [1.165, 1.54) is 12.1 Å². The van der Waals surface area contributed by atoms with Gasteiger partial charge in [0.25, 0.3) is 5.89 Å². The van der Waals surface area contributed by atoms with Gasteiger partial charge in [-0.15, -0.1) is 5.10 Å². The maximum Gasteiger partial charge on any atom is 0.297 e. The molecule has 4 rings (SSSR count). The number of nitrogens with zero attached hydrogens (tertiary/aromatic N) is 5. The molecule has 0 saturated heterocycles. The normalized spacial score (nSPS) is 16.6. The zero-order chi connectivity index (χ0) is 16.7. The molecule has 0 bridgehead atoms. The Balaban J connectivity index is 1.67. The van der Waals surface area contributed by atoms with Crippen molar-refractivity contribution in [3.8, 4) is 17.4 Å². The van der Waals surface area contributed by atoms with Crippen molar-refractivity contribution in [1.29, 1.82) is 0 Å². The zero-order valence-corrected chi connectivity index (χ0v) is 13.2. The van der Waals surface area contributed by atoms with Gasteiger partial charge in [0.2, 0.25) is 5.82 Å². The highest BCUT2D eigenvalue weighted by atomic mass is 19.1. The van der Waals surface area contributed by atoms with E-state index in [0.29, 0.717) is 23.2 Å². The van der Waals surface area contributed by atoms with Gasteiger partial charge < -0.3 is 10.3 Å². The van der Waals surface area contributed by atoms with Crippen molar-refractivity contribution in [1.82, 2.24) is 24.9 Å². The predicted octanol–water partition coefficient (Wildman–Crippen LogP) is 2.49. The second-order valence-electron chi connectivity index (χ2n) is 6.16. The highest BCUT2D eigenvalue weighted by molar-refractivity contribution is 5.42. The van der Waals surface area contributed by atoms with Crippen LogP contribution in [0.2, 0.25) is 0 Å². The number of aromatic nitrogens is 5. The van der Waals surface area contributed by atoms with Gasteiger partial charge in [-0.05, 0) is 44.0 Å². The van der Waals surface area contributed by atoms with Gasteiger partial charge in [-0.3, -0.25) is 0 Å². The topological polar surface area (TPSA) is 95.7 Å². The molecule has 24 heavy (non-hydrogen) atoms. The van der Waals surface area contributed by atoms with Crippen LogP contribution in [-0.2, 0) is 5.54 Å². The summed E-state index contributed by atoms with van der Waals surface area (Å²) in [7, 11) is 0. The minimum atomic E-state index is -0.518. The molecule has 0 amide bonds. The van der Waals surface area contributed by atoms with Crippen LogP contribution in [0.4, 0.5) is 4.39 Å². The van der Waals surface area contributed by atoms with Crippen LogP contribution in [0.25, 0.3) is 17.4 Å². The lowest BCUT2D eigenvalue weighted by Gasteiger charge is -2.17. The molecule has 2 aromatic heterocycles. The third-order valence-electron chi connectivity index (χ3n) is 4.40. The summed E-state index contributed by atoms with van der Waals surface area (Å²) in [5.41, 5.74) is 6.53. The van der Waals surface area contributed by atoms with Crippen LogP contribution in [-0.4, -0.2) is 24.9 Å². The van der Waals surface area contributed by atoms with Crippen molar-refractivity contribution in [2.75, 3.05) is 0 Å². The van der Waals surface area contributed by atoms with Crippen molar-refractivity contribution in [2.45, 2.75) is 38.1 Å². The fourth-order valence-corrected chi connectivity index (χ4v) is 3.05. The molecule has 0 radical (unpaired) electrons. The first-order valence-corrected chi connectivity index (χ1v) is 7.88. The number of halogens is 1.